The van der Waals surface area contributed by atoms with E-state index in [9.17, 15) is 0 Å². The van der Waals surface area contributed by atoms with Crippen molar-refractivity contribution < 1.29 is 0 Å². The van der Waals surface area contributed by atoms with Gasteiger partial charge in [0.15, 0.2) is 0 Å². The highest BCUT2D eigenvalue weighted by Crippen LogP contribution is 2.27. The van der Waals surface area contributed by atoms with E-state index in [1.165, 1.54) is 0 Å². The minimum absolute atomic E-state index is 0.573. The van der Waals surface area contributed by atoms with E-state index in [0.717, 1.165) is 28.0 Å². The summed E-state index contributed by atoms with van der Waals surface area (Å²) in [6.07, 6.45) is 0. The van der Waals surface area contributed by atoms with Gasteiger partial charge in [-0.2, -0.15) is 10.4 Å². The van der Waals surface area contributed by atoms with Gasteiger partial charge in [0.05, 0.1) is 28.2 Å². The number of nitrogen functional groups attached to an aromatic ring is 1. The van der Waals surface area contributed by atoms with Crippen molar-refractivity contribution in [3.05, 3.63) is 41.6 Å². The van der Waals surface area contributed by atoms with Crippen LogP contribution in [0.5, 0.6) is 0 Å². The molecular weight excluding hydrogens is 238 g/mol. The highest BCUT2D eigenvalue weighted by atomic mass is 15.1. The highest BCUT2D eigenvalue weighted by molar-refractivity contribution is 5.95. The van der Waals surface area contributed by atoms with Crippen molar-refractivity contribution in [2.45, 2.75) is 6.92 Å². The smallest absolute Gasteiger partial charge is 0.118 e. The second-order valence-corrected chi connectivity index (χ2v) is 4.28. The van der Waals surface area contributed by atoms with Gasteiger partial charge in [-0.05, 0) is 25.1 Å². The van der Waals surface area contributed by atoms with Gasteiger partial charge in [0.1, 0.15) is 11.8 Å². The molecule has 0 spiro atoms. The Hall–Kier alpha value is -2.87. The van der Waals surface area contributed by atoms with E-state index in [2.05, 4.69) is 21.3 Å². The molecule has 0 saturated carbocycles. The lowest BCUT2D eigenvalue weighted by molar-refractivity contribution is 1.10. The Bertz CT molecular complexity index is 810. The second kappa shape index (κ2) is 4.10. The Balaban J connectivity index is 2.26. The molecule has 3 aromatic rings. The molecule has 2 heterocycles. The Morgan fingerprint density at radius 2 is 2.11 bits per heavy atom. The molecule has 0 saturated heterocycles. The first-order chi connectivity index (χ1) is 9.20. The number of nitrogens with zero attached hydrogens (tertiary/aromatic N) is 3. The number of nitrogens with two attached hydrogens (primary N) is 1. The van der Waals surface area contributed by atoms with Crippen LogP contribution in [0.3, 0.4) is 0 Å². The lowest BCUT2D eigenvalue weighted by Gasteiger charge is -2.02. The average Bonchev–Trinajstić information content (AvgIpc) is 2.85. The quantitative estimate of drug-likeness (QED) is 0.692. The Labute approximate surface area is 109 Å². The minimum Gasteiger partial charge on any atom is -0.397 e. The molecule has 92 valence electrons. The number of benzene rings is 1. The SMILES string of the molecule is Cc1nc(-c2n[nH]c3c(C#N)cccc23)ccc1N. The maximum absolute atomic E-state index is 9.07. The summed E-state index contributed by atoms with van der Waals surface area (Å²) < 4.78 is 0. The van der Waals surface area contributed by atoms with Crippen LogP contribution in [0.4, 0.5) is 5.69 Å². The summed E-state index contributed by atoms with van der Waals surface area (Å²) in [5.74, 6) is 0. The molecule has 5 heteroatoms. The van der Waals surface area contributed by atoms with Crippen LogP contribution < -0.4 is 5.73 Å². The molecule has 3 N–H and O–H groups in total. The minimum atomic E-state index is 0.573. The zero-order valence-electron chi connectivity index (χ0n) is 10.3. The number of pyridine rings is 1. The van der Waals surface area contributed by atoms with Crippen LogP contribution in [0.1, 0.15) is 11.3 Å². The van der Waals surface area contributed by atoms with Gasteiger partial charge in [0, 0.05) is 5.39 Å². The first-order valence-corrected chi connectivity index (χ1v) is 5.81. The number of anilines is 1. The van der Waals surface area contributed by atoms with Gasteiger partial charge in [-0.1, -0.05) is 12.1 Å². The van der Waals surface area contributed by atoms with Crippen LogP contribution in [0.15, 0.2) is 30.3 Å². The van der Waals surface area contributed by atoms with Gasteiger partial charge in [0.25, 0.3) is 0 Å². The third-order valence-electron chi connectivity index (χ3n) is 3.09. The summed E-state index contributed by atoms with van der Waals surface area (Å²) >= 11 is 0. The topological polar surface area (TPSA) is 91.4 Å². The van der Waals surface area contributed by atoms with Gasteiger partial charge in [-0.25, -0.2) is 4.98 Å². The van der Waals surface area contributed by atoms with E-state index in [1.807, 2.05) is 31.2 Å². The molecule has 1 aromatic carbocycles. The predicted molar refractivity (Wildman–Crippen MR) is 73.2 cm³/mol. The summed E-state index contributed by atoms with van der Waals surface area (Å²) in [5.41, 5.74) is 9.97. The van der Waals surface area contributed by atoms with Crippen LogP contribution in [-0.2, 0) is 0 Å². The van der Waals surface area contributed by atoms with E-state index in [0.29, 0.717) is 11.3 Å². The number of aromatic amines is 1. The second-order valence-electron chi connectivity index (χ2n) is 4.28. The van der Waals surface area contributed by atoms with E-state index in [1.54, 1.807) is 6.07 Å². The Morgan fingerprint density at radius 3 is 2.84 bits per heavy atom. The van der Waals surface area contributed by atoms with Crippen LogP contribution in [0.2, 0.25) is 0 Å². The molecule has 0 unspecified atom stereocenters. The van der Waals surface area contributed by atoms with Crippen molar-refractivity contribution >= 4 is 16.6 Å². The Morgan fingerprint density at radius 1 is 1.26 bits per heavy atom. The number of rotatable bonds is 1. The fourth-order valence-corrected chi connectivity index (χ4v) is 2.03. The number of para-hydroxylation sites is 1. The third-order valence-corrected chi connectivity index (χ3v) is 3.09. The van der Waals surface area contributed by atoms with Crippen LogP contribution >= 0.6 is 0 Å². The molecule has 0 aliphatic carbocycles. The molecule has 3 rings (SSSR count). The lowest BCUT2D eigenvalue weighted by Crippen LogP contribution is -1.94. The largest absolute Gasteiger partial charge is 0.397 e. The van der Waals surface area contributed by atoms with Crippen molar-refractivity contribution in [1.82, 2.24) is 15.2 Å². The zero-order valence-corrected chi connectivity index (χ0v) is 10.3. The maximum Gasteiger partial charge on any atom is 0.118 e. The maximum atomic E-state index is 9.07. The van der Waals surface area contributed by atoms with Gasteiger partial charge < -0.3 is 5.73 Å². The predicted octanol–water partition coefficient (Wildman–Crippen LogP) is 2.39. The Kier molecular flexibility index (Phi) is 2.43. The van der Waals surface area contributed by atoms with Crippen LogP contribution in [0, 0.1) is 18.3 Å². The van der Waals surface area contributed by atoms with Crippen molar-refractivity contribution in [3.63, 3.8) is 0 Å². The first-order valence-electron chi connectivity index (χ1n) is 5.81. The standard InChI is InChI=1S/C14H11N5/c1-8-11(16)5-6-12(17-8)14-10-4-2-3-9(7-15)13(10)18-19-14/h2-6H,16H2,1H3,(H,18,19). The first kappa shape index (κ1) is 11.2. The molecule has 19 heavy (non-hydrogen) atoms. The number of H-pyrrole nitrogens is 1. The van der Waals surface area contributed by atoms with Crippen molar-refractivity contribution in [2.24, 2.45) is 0 Å². The fourth-order valence-electron chi connectivity index (χ4n) is 2.03. The number of hydrogen-bond acceptors (Lipinski definition) is 4. The number of nitrogens with one attached hydrogen (secondary N) is 1. The van der Waals surface area contributed by atoms with Crippen molar-refractivity contribution in [2.75, 3.05) is 5.73 Å². The highest BCUT2D eigenvalue weighted by Gasteiger charge is 2.12. The van der Waals surface area contributed by atoms with E-state index >= 15 is 0 Å². The fraction of sp³-hybridized carbons (Fsp3) is 0.0714. The zero-order chi connectivity index (χ0) is 13.4. The van der Waals surface area contributed by atoms with Gasteiger partial charge in [-0.15, -0.1) is 0 Å². The lowest BCUT2D eigenvalue weighted by atomic mass is 10.1. The average molecular weight is 249 g/mol. The third kappa shape index (κ3) is 1.70. The van der Waals surface area contributed by atoms with Crippen LogP contribution in [-0.4, -0.2) is 15.2 Å². The molecule has 0 aliphatic heterocycles. The molecule has 0 radical (unpaired) electrons. The summed E-state index contributed by atoms with van der Waals surface area (Å²) in [5, 5.41) is 17.1. The van der Waals surface area contributed by atoms with Gasteiger partial charge >= 0.3 is 0 Å². The number of nitriles is 1. The molecule has 2 aromatic heterocycles. The van der Waals surface area contributed by atoms with Crippen LogP contribution in [0.25, 0.3) is 22.3 Å². The van der Waals surface area contributed by atoms with Crippen molar-refractivity contribution in [3.8, 4) is 17.5 Å². The molecule has 0 fully saturated rings. The number of fused-ring (bicyclic) bond motifs is 1. The van der Waals surface area contributed by atoms with Gasteiger partial charge in [0.2, 0.25) is 0 Å². The monoisotopic (exact) mass is 249 g/mol. The molecule has 0 bridgehead atoms. The molecule has 0 amide bonds. The molecular formula is C14H11N5. The molecule has 5 nitrogen and oxygen atoms in total. The normalized spacial score (nSPS) is 10.5. The summed E-state index contributed by atoms with van der Waals surface area (Å²) in [6, 6.07) is 11.3. The summed E-state index contributed by atoms with van der Waals surface area (Å²) in [7, 11) is 0. The molecule has 0 aliphatic rings. The van der Waals surface area contributed by atoms with E-state index in [-0.39, 0.29) is 0 Å². The summed E-state index contributed by atoms with van der Waals surface area (Å²) in [6.45, 7) is 1.86. The number of hydrogen-bond donors (Lipinski definition) is 2. The number of aryl methyl sites for hydroxylation is 1. The van der Waals surface area contributed by atoms with Gasteiger partial charge in [-0.3, -0.25) is 5.10 Å². The summed E-state index contributed by atoms with van der Waals surface area (Å²) in [4.78, 5) is 4.43. The number of aromatic nitrogens is 3. The van der Waals surface area contributed by atoms with E-state index in [4.69, 9.17) is 11.0 Å². The van der Waals surface area contributed by atoms with Crippen molar-refractivity contribution in [1.29, 1.82) is 5.26 Å². The van der Waals surface area contributed by atoms with E-state index < -0.39 is 0 Å². The molecule has 0 atom stereocenters.